The van der Waals surface area contributed by atoms with E-state index in [1.807, 2.05) is 42.5 Å². The van der Waals surface area contributed by atoms with Gasteiger partial charge in [-0.3, -0.25) is 0 Å². The fraction of sp³-hybridized carbons (Fsp3) is 0.267. The van der Waals surface area contributed by atoms with Gasteiger partial charge in [0.1, 0.15) is 5.75 Å². The molecule has 0 bridgehead atoms. The lowest BCUT2D eigenvalue weighted by Gasteiger charge is -2.07. The summed E-state index contributed by atoms with van der Waals surface area (Å²) < 4.78 is 5.70. The van der Waals surface area contributed by atoms with E-state index in [1.54, 1.807) is 6.20 Å². The summed E-state index contributed by atoms with van der Waals surface area (Å²) in [6, 6.07) is 14.5. The minimum atomic E-state index is 0.649. The highest BCUT2D eigenvalue weighted by Gasteiger charge is 2.19. The van der Waals surface area contributed by atoms with Crippen LogP contribution in [-0.4, -0.2) is 11.0 Å². The number of nitrogens with one attached hydrogen (secondary N) is 1. The van der Waals surface area contributed by atoms with Crippen molar-refractivity contribution in [1.82, 2.24) is 10.3 Å². The highest BCUT2D eigenvalue weighted by molar-refractivity contribution is 5.28. The smallest absolute Gasteiger partial charge is 0.219 e. The average molecular weight is 240 g/mol. The Bertz CT molecular complexity index is 509. The summed E-state index contributed by atoms with van der Waals surface area (Å²) in [6.07, 6.45) is 4.40. The summed E-state index contributed by atoms with van der Waals surface area (Å²) in [7, 11) is 0. The zero-order valence-corrected chi connectivity index (χ0v) is 10.2. The molecule has 18 heavy (non-hydrogen) atoms. The van der Waals surface area contributed by atoms with Gasteiger partial charge < -0.3 is 10.1 Å². The maximum atomic E-state index is 5.70. The molecule has 1 heterocycles. The van der Waals surface area contributed by atoms with E-state index >= 15 is 0 Å². The fourth-order valence-corrected chi connectivity index (χ4v) is 1.78. The SMILES string of the molecule is c1ccc(Oc2cc(CNC3CC3)ccn2)cc1. The van der Waals surface area contributed by atoms with E-state index in [9.17, 15) is 0 Å². The lowest BCUT2D eigenvalue weighted by atomic mass is 10.2. The fourth-order valence-electron chi connectivity index (χ4n) is 1.78. The number of rotatable bonds is 5. The molecule has 0 aliphatic heterocycles. The highest BCUT2D eigenvalue weighted by atomic mass is 16.5. The Labute approximate surface area is 107 Å². The summed E-state index contributed by atoms with van der Waals surface area (Å²) in [6.45, 7) is 0.887. The van der Waals surface area contributed by atoms with Gasteiger partial charge in [0.25, 0.3) is 0 Å². The van der Waals surface area contributed by atoms with Crippen LogP contribution in [0.15, 0.2) is 48.7 Å². The van der Waals surface area contributed by atoms with E-state index in [2.05, 4.69) is 10.3 Å². The van der Waals surface area contributed by atoms with Crippen LogP contribution in [0.1, 0.15) is 18.4 Å². The molecule has 0 spiro atoms. The molecule has 0 atom stereocenters. The molecule has 3 nitrogen and oxygen atoms in total. The van der Waals surface area contributed by atoms with Gasteiger partial charge in [0, 0.05) is 24.8 Å². The van der Waals surface area contributed by atoms with Crippen LogP contribution in [0.5, 0.6) is 11.6 Å². The van der Waals surface area contributed by atoms with Gasteiger partial charge in [-0.2, -0.15) is 0 Å². The molecule has 1 aromatic carbocycles. The second kappa shape index (κ2) is 5.19. The van der Waals surface area contributed by atoms with Crippen molar-refractivity contribution in [3.8, 4) is 11.6 Å². The van der Waals surface area contributed by atoms with Crippen LogP contribution in [-0.2, 0) is 6.54 Å². The molecule has 1 aromatic heterocycles. The van der Waals surface area contributed by atoms with E-state index < -0.39 is 0 Å². The first-order chi connectivity index (χ1) is 8.90. The third-order valence-electron chi connectivity index (χ3n) is 2.94. The topological polar surface area (TPSA) is 34.1 Å². The van der Waals surface area contributed by atoms with Crippen LogP contribution in [0.25, 0.3) is 0 Å². The lowest BCUT2D eigenvalue weighted by molar-refractivity contribution is 0.461. The average Bonchev–Trinajstić information content (AvgIpc) is 3.22. The van der Waals surface area contributed by atoms with Gasteiger partial charge in [-0.1, -0.05) is 18.2 Å². The van der Waals surface area contributed by atoms with Crippen molar-refractivity contribution in [2.24, 2.45) is 0 Å². The first-order valence-corrected chi connectivity index (χ1v) is 6.31. The van der Waals surface area contributed by atoms with Gasteiger partial charge >= 0.3 is 0 Å². The molecule has 1 fully saturated rings. The standard InChI is InChI=1S/C15H16N2O/c1-2-4-14(5-3-1)18-15-10-12(8-9-16-15)11-17-13-6-7-13/h1-5,8-10,13,17H,6-7,11H2. The van der Waals surface area contributed by atoms with Crippen molar-refractivity contribution in [2.75, 3.05) is 0 Å². The van der Waals surface area contributed by atoms with Crippen LogP contribution in [0.3, 0.4) is 0 Å². The number of pyridine rings is 1. The summed E-state index contributed by atoms with van der Waals surface area (Å²) >= 11 is 0. The van der Waals surface area contributed by atoms with Gasteiger partial charge in [-0.25, -0.2) is 4.98 Å². The van der Waals surface area contributed by atoms with Crippen molar-refractivity contribution in [3.63, 3.8) is 0 Å². The van der Waals surface area contributed by atoms with Crippen molar-refractivity contribution in [2.45, 2.75) is 25.4 Å². The van der Waals surface area contributed by atoms with E-state index in [0.29, 0.717) is 5.88 Å². The summed E-state index contributed by atoms with van der Waals surface area (Å²) in [5.41, 5.74) is 1.21. The molecule has 92 valence electrons. The summed E-state index contributed by atoms with van der Waals surface area (Å²) in [4.78, 5) is 4.23. The van der Waals surface area contributed by atoms with Gasteiger partial charge in [0.2, 0.25) is 5.88 Å². The van der Waals surface area contributed by atoms with E-state index in [4.69, 9.17) is 4.74 Å². The van der Waals surface area contributed by atoms with Crippen LogP contribution < -0.4 is 10.1 Å². The Morgan fingerprint density at radius 1 is 1.17 bits per heavy atom. The maximum absolute atomic E-state index is 5.70. The second-order valence-corrected chi connectivity index (χ2v) is 4.57. The van der Waals surface area contributed by atoms with E-state index in [-0.39, 0.29) is 0 Å². The Kier molecular flexibility index (Phi) is 3.24. The molecule has 2 aromatic rings. The molecular formula is C15H16N2O. The second-order valence-electron chi connectivity index (χ2n) is 4.57. The first-order valence-electron chi connectivity index (χ1n) is 6.31. The Morgan fingerprint density at radius 3 is 2.78 bits per heavy atom. The van der Waals surface area contributed by atoms with Gasteiger partial charge in [-0.15, -0.1) is 0 Å². The molecule has 0 unspecified atom stereocenters. The van der Waals surface area contributed by atoms with Crippen LogP contribution in [0, 0.1) is 0 Å². The lowest BCUT2D eigenvalue weighted by Crippen LogP contribution is -2.15. The highest BCUT2D eigenvalue weighted by Crippen LogP contribution is 2.21. The Hall–Kier alpha value is -1.87. The predicted octanol–water partition coefficient (Wildman–Crippen LogP) is 3.13. The molecule has 0 radical (unpaired) electrons. The number of hydrogen-bond donors (Lipinski definition) is 1. The molecule has 1 saturated carbocycles. The van der Waals surface area contributed by atoms with Crippen LogP contribution in [0.4, 0.5) is 0 Å². The number of ether oxygens (including phenoxy) is 1. The molecule has 0 amide bonds. The third kappa shape index (κ3) is 3.08. The number of para-hydroxylation sites is 1. The molecule has 1 aliphatic rings. The Morgan fingerprint density at radius 2 is 2.00 bits per heavy atom. The summed E-state index contributed by atoms with van der Waals surface area (Å²) in [5.74, 6) is 1.47. The molecule has 1 N–H and O–H groups in total. The van der Waals surface area contributed by atoms with Gasteiger partial charge in [-0.05, 0) is 36.6 Å². The van der Waals surface area contributed by atoms with Crippen molar-refractivity contribution < 1.29 is 4.74 Å². The number of nitrogens with zero attached hydrogens (tertiary/aromatic N) is 1. The quantitative estimate of drug-likeness (QED) is 0.871. The normalized spacial score (nSPS) is 14.4. The van der Waals surface area contributed by atoms with E-state index in [1.165, 1.54) is 18.4 Å². The van der Waals surface area contributed by atoms with Crippen molar-refractivity contribution >= 4 is 0 Å². The minimum Gasteiger partial charge on any atom is -0.439 e. The third-order valence-corrected chi connectivity index (χ3v) is 2.94. The minimum absolute atomic E-state index is 0.649. The predicted molar refractivity (Wildman–Crippen MR) is 70.6 cm³/mol. The van der Waals surface area contributed by atoms with Crippen LogP contribution in [0.2, 0.25) is 0 Å². The maximum Gasteiger partial charge on any atom is 0.219 e. The largest absolute Gasteiger partial charge is 0.439 e. The van der Waals surface area contributed by atoms with Crippen molar-refractivity contribution in [3.05, 3.63) is 54.2 Å². The zero-order chi connectivity index (χ0) is 12.2. The van der Waals surface area contributed by atoms with Gasteiger partial charge in [0.05, 0.1) is 0 Å². The van der Waals surface area contributed by atoms with Crippen molar-refractivity contribution in [1.29, 1.82) is 0 Å². The Balaban J connectivity index is 1.66. The number of hydrogen-bond acceptors (Lipinski definition) is 3. The first kappa shape index (κ1) is 11.2. The zero-order valence-electron chi connectivity index (χ0n) is 10.2. The molecule has 0 saturated heterocycles. The monoisotopic (exact) mass is 240 g/mol. The van der Waals surface area contributed by atoms with Crippen LogP contribution >= 0.6 is 0 Å². The number of aromatic nitrogens is 1. The number of benzene rings is 1. The van der Waals surface area contributed by atoms with Gasteiger partial charge in [0.15, 0.2) is 0 Å². The van der Waals surface area contributed by atoms with E-state index in [0.717, 1.165) is 18.3 Å². The molecule has 1 aliphatic carbocycles. The molecule has 3 heteroatoms. The molecular weight excluding hydrogens is 224 g/mol. The molecule has 3 rings (SSSR count). The summed E-state index contributed by atoms with van der Waals surface area (Å²) in [5, 5.41) is 3.48.